The Labute approximate surface area is 219 Å². The number of aromatic nitrogens is 1. The highest BCUT2D eigenvalue weighted by atomic mass is 32.1. The third-order valence-corrected chi connectivity index (χ3v) is 5.67. The number of benzene rings is 1. The monoisotopic (exact) mass is 524 g/mol. The van der Waals surface area contributed by atoms with Gasteiger partial charge in [0.1, 0.15) is 30.5 Å². The first-order valence-electron chi connectivity index (χ1n) is 11.4. The number of nitrogens with zero attached hydrogens (tertiary/aromatic N) is 5. The predicted octanol–water partition coefficient (Wildman–Crippen LogP) is 4.74. The van der Waals surface area contributed by atoms with Gasteiger partial charge in [-0.2, -0.15) is 9.64 Å². The minimum absolute atomic E-state index is 0.0565. The van der Waals surface area contributed by atoms with Gasteiger partial charge in [-0.15, -0.1) is 10.2 Å². The first kappa shape index (κ1) is 28.9. The number of rotatable bonds is 14. The molecule has 0 aliphatic carbocycles. The van der Waals surface area contributed by atoms with Crippen LogP contribution in [0.1, 0.15) is 31.0 Å². The summed E-state index contributed by atoms with van der Waals surface area (Å²) in [5.74, 6) is -1.32. The zero-order valence-electron chi connectivity index (χ0n) is 20.7. The van der Waals surface area contributed by atoms with Gasteiger partial charge in [-0.25, -0.2) is 9.59 Å². The molecule has 1 aromatic heterocycles. The molecule has 1 amide bonds. The number of esters is 2. The molecule has 1 aromatic carbocycles. The molecule has 2 aromatic rings. The Morgan fingerprint density at radius 1 is 1.16 bits per heavy atom. The summed E-state index contributed by atoms with van der Waals surface area (Å²) >= 11 is 1.06. The summed E-state index contributed by atoms with van der Waals surface area (Å²) < 4.78 is 14.3. The molecule has 11 nitrogen and oxygen atoms in total. The summed E-state index contributed by atoms with van der Waals surface area (Å²) in [5.41, 5.74) is 2.34. The molecule has 194 valence electrons. The fraction of sp³-hybridized carbons (Fsp3) is 0.320. The fourth-order valence-electron chi connectivity index (χ4n) is 3.00. The Bertz CT molecular complexity index is 1190. The van der Waals surface area contributed by atoms with Crippen molar-refractivity contribution in [2.75, 3.05) is 36.5 Å². The van der Waals surface area contributed by atoms with Crippen molar-refractivity contribution in [3.05, 3.63) is 54.8 Å². The van der Waals surface area contributed by atoms with Crippen LogP contribution in [0, 0.1) is 18.3 Å². The second kappa shape index (κ2) is 14.9. The van der Waals surface area contributed by atoms with Crippen LogP contribution in [0.2, 0.25) is 0 Å². The van der Waals surface area contributed by atoms with E-state index in [1.165, 1.54) is 0 Å². The van der Waals surface area contributed by atoms with Crippen molar-refractivity contribution in [2.24, 2.45) is 10.2 Å². The van der Waals surface area contributed by atoms with Gasteiger partial charge in [-0.3, -0.25) is 4.79 Å². The van der Waals surface area contributed by atoms with E-state index in [9.17, 15) is 19.6 Å². The average molecular weight is 525 g/mol. The summed E-state index contributed by atoms with van der Waals surface area (Å²) in [5, 5.41) is 21.0. The van der Waals surface area contributed by atoms with Crippen LogP contribution < -0.4 is 10.2 Å². The maximum absolute atomic E-state index is 12.4. The molecular weight excluding hydrogens is 496 g/mol. The number of hydrogen-bond acceptors (Lipinski definition) is 11. The number of nitrogens with one attached hydrogen (secondary N) is 1. The van der Waals surface area contributed by atoms with E-state index in [0.717, 1.165) is 23.7 Å². The average Bonchev–Trinajstić information content (AvgIpc) is 3.25. The smallest absolute Gasteiger partial charge is 0.330 e. The summed E-state index contributed by atoms with van der Waals surface area (Å²) in [4.78, 5) is 37.1. The lowest BCUT2D eigenvalue weighted by atomic mass is 10.2. The number of amides is 1. The van der Waals surface area contributed by atoms with Gasteiger partial charge < -0.3 is 19.7 Å². The molecule has 0 spiro atoms. The van der Waals surface area contributed by atoms with E-state index in [2.05, 4.69) is 39.1 Å². The molecule has 2 rings (SSSR count). The Kier molecular flexibility index (Phi) is 11.6. The van der Waals surface area contributed by atoms with Crippen molar-refractivity contribution >= 4 is 51.4 Å². The van der Waals surface area contributed by atoms with Crippen LogP contribution in [0.15, 0.2) is 53.7 Å². The maximum Gasteiger partial charge on any atom is 0.330 e. The third kappa shape index (κ3) is 8.97. The Balaban J connectivity index is 2.37. The van der Waals surface area contributed by atoms with E-state index in [1.807, 2.05) is 11.8 Å². The number of carbonyl (C=O) groups is 3. The van der Waals surface area contributed by atoms with Gasteiger partial charge in [0.2, 0.25) is 5.91 Å². The van der Waals surface area contributed by atoms with Crippen molar-refractivity contribution in [2.45, 2.75) is 26.7 Å². The van der Waals surface area contributed by atoms with Crippen molar-refractivity contribution in [3.8, 4) is 6.07 Å². The SMILES string of the molecule is C=CC(=O)OCCN(CCOC(=O)C=C)c1ccc(/N=N/c2snc(C)c2C#N)c(NC(=O)CCC)c1. The molecule has 1 N–H and O–H groups in total. The number of carbonyl (C=O) groups excluding carboxylic acids is 3. The second-order valence-corrected chi connectivity index (χ2v) is 8.24. The quantitative estimate of drug-likeness (QED) is 0.212. The molecule has 0 aliphatic rings. The van der Waals surface area contributed by atoms with Crippen LogP contribution in [0.4, 0.5) is 22.1 Å². The molecule has 0 radical (unpaired) electrons. The number of aryl methyl sites for hydroxylation is 1. The number of ether oxygens (including phenoxy) is 2. The summed E-state index contributed by atoms with van der Waals surface area (Å²) in [6.07, 6.45) is 3.11. The Morgan fingerprint density at radius 2 is 1.81 bits per heavy atom. The third-order valence-electron chi connectivity index (χ3n) is 4.85. The Hall–Kier alpha value is -4.37. The lowest BCUT2D eigenvalue weighted by molar-refractivity contribution is -0.137. The number of nitriles is 1. The van der Waals surface area contributed by atoms with E-state index in [-0.39, 0.29) is 32.2 Å². The van der Waals surface area contributed by atoms with E-state index >= 15 is 0 Å². The number of anilines is 2. The second-order valence-electron chi connectivity index (χ2n) is 7.49. The van der Waals surface area contributed by atoms with Gasteiger partial charge in [-0.1, -0.05) is 20.1 Å². The molecule has 0 bridgehead atoms. The molecular formula is C25H28N6O5S. The van der Waals surface area contributed by atoms with Crippen LogP contribution in [0.3, 0.4) is 0 Å². The molecule has 0 aliphatic heterocycles. The Morgan fingerprint density at radius 3 is 2.38 bits per heavy atom. The standard InChI is InChI=1S/C25H28N6O5S/c1-5-8-22(32)27-21-15-18(9-10-20(21)28-29-25-19(16-26)17(4)30-37-25)31(11-13-35-23(33)6-2)12-14-36-24(34)7-3/h6-7,9-10,15H,2-3,5,8,11-14H2,1,4H3,(H,27,32)/b29-28+. The lowest BCUT2D eigenvalue weighted by Gasteiger charge is -2.25. The first-order valence-corrected chi connectivity index (χ1v) is 12.2. The highest BCUT2D eigenvalue weighted by molar-refractivity contribution is 7.10. The van der Waals surface area contributed by atoms with Crippen molar-refractivity contribution in [3.63, 3.8) is 0 Å². The zero-order chi connectivity index (χ0) is 27.2. The highest BCUT2D eigenvalue weighted by Gasteiger charge is 2.15. The molecule has 0 saturated carbocycles. The van der Waals surface area contributed by atoms with Gasteiger partial charge in [0, 0.05) is 24.3 Å². The summed E-state index contributed by atoms with van der Waals surface area (Å²) in [6.45, 7) is 11.0. The van der Waals surface area contributed by atoms with E-state index in [0.29, 0.717) is 46.2 Å². The molecule has 0 atom stereocenters. The van der Waals surface area contributed by atoms with Crippen LogP contribution in [0.25, 0.3) is 0 Å². The largest absolute Gasteiger partial charge is 0.461 e. The molecule has 37 heavy (non-hydrogen) atoms. The minimum atomic E-state index is -0.559. The van der Waals surface area contributed by atoms with Crippen LogP contribution in [-0.4, -0.2) is 48.5 Å². The van der Waals surface area contributed by atoms with E-state index < -0.39 is 11.9 Å². The minimum Gasteiger partial charge on any atom is -0.461 e. The number of azo groups is 1. The topological polar surface area (TPSA) is 146 Å². The molecule has 0 saturated heterocycles. The first-order chi connectivity index (χ1) is 17.8. The van der Waals surface area contributed by atoms with Crippen LogP contribution in [0.5, 0.6) is 0 Å². The van der Waals surface area contributed by atoms with Crippen LogP contribution >= 0.6 is 11.5 Å². The van der Waals surface area contributed by atoms with Gasteiger partial charge in [0.05, 0.1) is 24.5 Å². The zero-order valence-corrected chi connectivity index (χ0v) is 21.5. The number of hydrogen-bond donors (Lipinski definition) is 1. The summed E-state index contributed by atoms with van der Waals surface area (Å²) in [6, 6.07) is 7.18. The molecule has 0 fully saturated rings. The van der Waals surface area contributed by atoms with Crippen LogP contribution in [-0.2, 0) is 23.9 Å². The van der Waals surface area contributed by atoms with E-state index in [1.54, 1.807) is 25.1 Å². The molecule has 1 heterocycles. The van der Waals surface area contributed by atoms with Crippen molar-refractivity contribution in [1.82, 2.24) is 4.37 Å². The fourth-order valence-corrected chi connectivity index (χ4v) is 3.68. The summed E-state index contributed by atoms with van der Waals surface area (Å²) in [7, 11) is 0. The van der Waals surface area contributed by atoms with Gasteiger partial charge in [0.15, 0.2) is 5.00 Å². The van der Waals surface area contributed by atoms with Crippen molar-refractivity contribution < 1.29 is 23.9 Å². The molecule has 12 heteroatoms. The lowest BCUT2D eigenvalue weighted by Crippen LogP contribution is -2.32. The predicted molar refractivity (Wildman–Crippen MR) is 140 cm³/mol. The van der Waals surface area contributed by atoms with Gasteiger partial charge in [0.25, 0.3) is 0 Å². The van der Waals surface area contributed by atoms with Gasteiger partial charge in [-0.05, 0) is 43.1 Å². The normalized spacial score (nSPS) is 10.4. The van der Waals surface area contributed by atoms with E-state index in [4.69, 9.17) is 9.47 Å². The van der Waals surface area contributed by atoms with Crippen molar-refractivity contribution in [1.29, 1.82) is 5.26 Å². The maximum atomic E-state index is 12.4. The molecule has 0 unspecified atom stereocenters. The highest BCUT2D eigenvalue weighted by Crippen LogP contribution is 2.34. The van der Waals surface area contributed by atoms with Gasteiger partial charge >= 0.3 is 11.9 Å².